The predicted molar refractivity (Wildman–Crippen MR) is 87.3 cm³/mol. The molecule has 2 aliphatic rings. The van der Waals surface area contributed by atoms with E-state index in [9.17, 15) is 4.79 Å². The summed E-state index contributed by atoms with van der Waals surface area (Å²) in [5, 5.41) is 4.11. The van der Waals surface area contributed by atoms with Gasteiger partial charge in [-0.2, -0.15) is 5.10 Å². The zero-order chi connectivity index (χ0) is 15.6. The molecule has 0 spiro atoms. The van der Waals surface area contributed by atoms with E-state index in [4.69, 9.17) is 0 Å². The minimum Gasteiger partial charge on any atom is -0.338 e. The molecule has 0 radical (unpaired) electrons. The molecule has 1 aromatic heterocycles. The molecule has 5 nitrogen and oxygen atoms in total. The van der Waals surface area contributed by atoms with Crippen molar-refractivity contribution in [2.75, 3.05) is 13.1 Å². The number of nitrogens with zero attached hydrogens (tertiary/aromatic N) is 4. The van der Waals surface area contributed by atoms with Crippen molar-refractivity contribution < 1.29 is 4.79 Å². The Bertz CT molecular complexity index is 665. The van der Waals surface area contributed by atoms with E-state index in [-0.39, 0.29) is 5.91 Å². The second-order valence-corrected chi connectivity index (χ2v) is 6.73. The van der Waals surface area contributed by atoms with Crippen molar-refractivity contribution >= 4 is 5.91 Å². The predicted octanol–water partition coefficient (Wildman–Crippen LogP) is 2.92. The van der Waals surface area contributed by atoms with Crippen LogP contribution < -0.4 is 0 Å². The number of amides is 1. The molecule has 0 unspecified atom stereocenters. The van der Waals surface area contributed by atoms with Gasteiger partial charge in [0.05, 0.1) is 5.69 Å². The maximum atomic E-state index is 12.8. The van der Waals surface area contributed by atoms with E-state index in [2.05, 4.69) is 15.0 Å². The Balaban J connectivity index is 1.46. The summed E-state index contributed by atoms with van der Waals surface area (Å²) < 4.78 is 1.70. The van der Waals surface area contributed by atoms with Gasteiger partial charge >= 0.3 is 0 Å². The van der Waals surface area contributed by atoms with Gasteiger partial charge < -0.3 is 4.90 Å². The third kappa shape index (κ3) is 2.87. The van der Waals surface area contributed by atoms with Gasteiger partial charge in [0.1, 0.15) is 12.7 Å². The maximum Gasteiger partial charge on any atom is 0.253 e. The average Bonchev–Trinajstić information content (AvgIpc) is 3.15. The zero-order valence-corrected chi connectivity index (χ0v) is 13.3. The van der Waals surface area contributed by atoms with E-state index in [0.717, 1.165) is 36.2 Å². The van der Waals surface area contributed by atoms with E-state index in [0.29, 0.717) is 0 Å². The number of hydrogen-bond acceptors (Lipinski definition) is 3. The lowest BCUT2D eigenvalue weighted by molar-refractivity contribution is 0.0521. The van der Waals surface area contributed by atoms with Crippen LogP contribution in [0.4, 0.5) is 0 Å². The molecule has 2 heterocycles. The van der Waals surface area contributed by atoms with Gasteiger partial charge in [0.15, 0.2) is 0 Å². The summed E-state index contributed by atoms with van der Waals surface area (Å²) >= 11 is 0. The van der Waals surface area contributed by atoms with E-state index < -0.39 is 0 Å². The molecule has 1 aromatic carbocycles. The monoisotopic (exact) mass is 310 g/mol. The van der Waals surface area contributed by atoms with Crippen LogP contribution in [0.3, 0.4) is 0 Å². The van der Waals surface area contributed by atoms with Gasteiger partial charge in [-0.05, 0) is 48.9 Å². The molecule has 2 aromatic rings. The molecule has 5 heteroatoms. The molecule has 23 heavy (non-hydrogen) atoms. The summed E-state index contributed by atoms with van der Waals surface area (Å²) in [4.78, 5) is 18.8. The second kappa shape index (κ2) is 6.14. The fraction of sp³-hybridized carbons (Fsp3) is 0.500. The van der Waals surface area contributed by atoms with E-state index in [1.54, 1.807) is 11.0 Å². The number of fused-ring (bicyclic) bond motifs is 1. The Labute approximate surface area is 136 Å². The third-order valence-electron chi connectivity index (χ3n) is 5.38. The first-order valence-electron chi connectivity index (χ1n) is 8.55. The lowest BCUT2D eigenvalue weighted by atomic mass is 9.75. The van der Waals surface area contributed by atoms with Crippen molar-refractivity contribution in [2.45, 2.75) is 32.1 Å². The summed E-state index contributed by atoms with van der Waals surface area (Å²) in [5.74, 6) is 1.73. The first-order chi connectivity index (χ1) is 11.3. The number of hydrogen-bond donors (Lipinski definition) is 0. The summed E-state index contributed by atoms with van der Waals surface area (Å²) in [6.07, 6.45) is 9.69. The van der Waals surface area contributed by atoms with Crippen molar-refractivity contribution in [3.8, 4) is 5.69 Å². The van der Waals surface area contributed by atoms with E-state index >= 15 is 0 Å². The highest BCUT2D eigenvalue weighted by Crippen LogP contribution is 2.36. The molecule has 0 N–H and O–H groups in total. The molecule has 1 saturated heterocycles. The zero-order valence-electron chi connectivity index (χ0n) is 13.3. The summed E-state index contributed by atoms with van der Waals surface area (Å²) in [6, 6.07) is 7.64. The van der Waals surface area contributed by atoms with Gasteiger partial charge in [-0.1, -0.05) is 19.3 Å². The van der Waals surface area contributed by atoms with Crippen LogP contribution in [-0.2, 0) is 0 Å². The Morgan fingerprint density at radius 3 is 2.57 bits per heavy atom. The molecule has 1 aliphatic heterocycles. The Morgan fingerprint density at radius 2 is 1.83 bits per heavy atom. The van der Waals surface area contributed by atoms with Crippen molar-refractivity contribution in [1.82, 2.24) is 19.7 Å². The molecule has 120 valence electrons. The van der Waals surface area contributed by atoms with Crippen LogP contribution in [0.5, 0.6) is 0 Å². The van der Waals surface area contributed by atoms with Gasteiger partial charge in [-0.25, -0.2) is 9.67 Å². The van der Waals surface area contributed by atoms with Crippen molar-refractivity contribution in [3.05, 3.63) is 42.5 Å². The first-order valence-corrected chi connectivity index (χ1v) is 8.55. The maximum absolute atomic E-state index is 12.8. The van der Waals surface area contributed by atoms with Gasteiger partial charge in [0.2, 0.25) is 0 Å². The van der Waals surface area contributed by atoms with Crippen LogP contribution in [0.15, 0.2) is 36.9 Å². The molecular formula is C18H22N4O. The average molecular weight is 310 g/mol. The molecule has 1 saturated carbocycles. The number of aromatic nitrogens is 3. The van der Waals surface area contributed by atoms with Gasteiger partial charge in [-0.3, -0.25) is 4.79 Å². The highest BCUT2D eigenvalue weighted by atomic mass is 16.2. The topological polar surface area (TPSA) is 51.0 Å². The number of benzene rings is 1. The largest absolute Gasteiger partial charge is 0.338 e. The molecule has 2 fully saturated rings. The summed E-state index contributed by atoms with van der Waals surface area (Å²) in [5.41, 5.74) is 1.69. The molecular weight excluding hydrogens is 288 g/mol. The molecule has 1 aliphatic carbocycles. The van der Waals surface area contributed by atoms with Gasteiger partial charge in [0.25, 0.3) is 5.91 Å². The fourth-order valence-corrected chi connectivity index (χ4v) is 4.07. The van der Waals surface area contributed by atoms with Crippen molar-refractivity contribution in [3.63, 3.8) is 0 Å². The number of rotatable bonds is 2. The summed E-state index contributed by atoms with van der Waals surface area (Å²) in [7, 11) is 0. The van der Waals surface area contributed by atoms with Gasteiger partial charge in [0, 0.05) is 18.7 Å². The third-order valence-corrected chi connectivity index (χ3v) is 5.38. The quantitative estimate of drug-likeness (QED) is 0.857. The van der Waals surface area contributed by atoms with E-state index in [1.807, 2.05) is 24.3 Å². The SMILES string of the molecule is O=C(c1ccc(-n2cncn2)cc1)N1CC[C@@H]2CCCC[C@H]2C1. The van der Waals surface area contributed by atoms with Crippen LogP contribution in [0.1, 0.15) is 42.5 Å². The highest BCUT2D eigenvalue weighted by molar-refractivity contribution is 5.94. The van der Waals surface area contributed by atoms with Crippen molar-refractivity contribution in [1.29, 1.82) is 0 Å². The normalized spacial score (nSPS) is 24.3. The highest BCUT2D eigenvalue weighted by Gasteiger charge is 2.33. The molecule has 1 amide bonds. The minimum absolute atomic E-state index is 0.166. The molecule has 2 atom stereocenters. The Hall–Kier alpha value is -2.17. The first kappa shape index (κ1) is 14.4. The van der Waals surface area contributed by atoms with Crippen LogP contribution in [0.25, 0.3) is 5.69 Å². The van der Waals surface area contributed by atoms with Crippen LogP contribution in [-0.4, -0.2) is 38.7 Å². The number of carbonyl (C=O) groups is 1. The minimum atomic E-state index is 0.166. The Morgan fingerprint density at radius 1 is 1.04 bits per heavy atom. The smallest absolute Gasteiger partial charge is 0.253 e. The van der Waals surface area contributed by atoms with E-state index in [1.165, 1.54) is 38.4 Å². The fourth-order valence-electron chi connectivity index (χ4n) is 4.07. The van der Waals surface area contributed by atoms with Crippen LogP contribution in [0.2, 0.25) is 0 Å². The second-order valence-electron chi connectivity index (χ2n) is 6.73. The molecule has 0 bridgehead atoms. The number of carbonyl (C=O) groups excluding carboxylic acids is 1. The lowest BCUT2D eigenvalue weighted by Gasteiger charge is -2.41. The Kier molecular flexibility index (Phi) is 3.85. The standard InChI is InChI=1S/C18H22N4O/c23-18(21-10-9-14-3-1-2-4-16(14)11-21)15-5-7-17(8-6-15)22-13-19-12-20-22/h5-8,12-14,16H,1-4,9-11H2/t14-,16-/m0/s1. The number of likely N-dealkylation sites (tertiary alicyclic amines) is 1. The van der Waals surface area contributed by atoms with Crippen molar-refractivity contribution in [2.24, 2.45) is 11.8 Å². The number of piperidine rings is 1. The van der Waals surface area contributed by atoms with Crippen LogP contribution in [0, 0.1) is 11.8 Å². The van der Waals surface area contributed by atoms with Gasteiger partial charge in [-0.15, -0.1) is 0 Å². The van der Waals surface area contributed by atoms with Crippen LogP contribution >= 0.6 is 0 Å². The summed E-state index contributed by atoms with van der Waals surface area (Å²) in [6.45, 7) is 1.85. The lowest BCUT2D eigenvalue weighted by Crippen LogP contribution is -2.44. The molecule has 4 rings (SSSR count).